The van der Waals surface area contributed by atoms with Crippen molar-refractivity contribution in [3.05, 3.63) is 35.1 Å². The van der Waals surface area contributed by atoms with E-state index in [-0.39, 0.29) is 11.4 Å². The minimum absolute atomic E-state index is 0.149. The molecule has 0 spiro atoms. The number of hydrogen-bond acceptors (Lipinski definition) is 2. The number of hydrogen-bond donors (Lipinski definition) is 2. The molecule has 0 aromatic heterocycles. The zero-order chi connectivity index (χ0) is 12.3. The molecule has 1 aromatic carbocycles. The minimum atomic E-state index is -4.53. The number of nitrogens with one attached hydrogen (secondary N) is 1. The lowest BCUT2D eigenvalue weighted by Gasteiger charge is -2.10. The van der Waals surface area contributed by atoms with Gasteiger partial charge in [-0.3, -0.25) is 4.99 Å². The minimum Gasteiger partial charge on any atom is -0.308 e. The van der Waals surface area contributed by atoms with Crippen molar-refractivity contribution in [1.82, 2.24) is 5.43 Å². The van der Waals surface area contributed by atoms with Crippen LogP contribution in [0, 0.1) is 5.82 Å². The van der Waals surface area contributed by atoms with Gasteiger partial charge in [-0.1, -0.05) is 0 Å². The van der Waals surface area contributed by atoms with Crippen LogP contribution in [0.15, 0.2) is 23.2 Å². The topological polar surface area (TPSA) is 50.4 Å². The van der Waals surface area contributed by atoms with Crippen LogP contribution in [0.3, 0.4) is 0 Å². The molecule has 3 N–H and O–H groups in total. The Morgan fingerprint density at radius 1 is 1.38 bits per heavy atom. The maximum absolute atomic E-state index is 13.2. The van der Waals surface area contributed by atoms with Crippen LogP contribution < -0.4 is 11.3 Å². The first-order valence-electron chi connectivity index (χ1n) is 4.20. The summed E-state index contributed by atoms with van der Waals surface area (Å²) in [6.07, 6.45) is -4.53. The molecule has 0 radical (unpaired) electrons. The maximum Gasteiger partial charge on any atom is 0.416 e. The molecule has 0 bridgehead atoms. The van der Waals surface area contributed by atoms with E-state index >= 15 is 0 Å². The Hall–Kier alpha value is -1.63. The molecule has 16 heavy (non-hydrogen) atoms. The number of halogens is 4. The molecule has 88 valence electrons. The first-order chi connectivity index (χ1) is 7.40. The number of nitrogens with two attached hydrogens (primary N) is 1. The van der Waals surface area contributed by atoms with Crippen LogP contribution in [0.25, 0.3) is 0 Å². The van der Waals surface area contributed by atoms with Gasteiger partial charge >= 0.3 is 6.18 Å². The summed E-state index contributed by atoms with van der Waals surface area (Å²) in [6, 6.07) is 2.03. The predicted octanol–water partition coefficient (Wildman–Crippen LogP) is 1.68. The van der Waals surface area contributed by atoms with Crippen LogP contribution in [-0.2, 0) is 6.18 Å². The Bertz CT molecular complexity index is 412. The number of alkyl halides is 3. The average Bonchev–Trinajstić information content (AvgIpc) is 2.20. The third-order valence-electron chi connectivity index (χ3n) is 1.91. The number of nitrogens with zero attached hydrogens (tertiary/aromatic N) is 1. The van der Waals surface area contributed by atoms with E-state index in [4.69, 9.17) is 5.84 Å². The Morgan fingerprint density at radius 3 is 2.44 bits per heavy atom. The fourth-order valence-electron chi connectivity index (χ4n) is 1.15. The van der Waals surface area contributed by atoms with Gasteiger partial charge in [0.25, 0.3) is 0 Å². The van der Waals surface area contributed by atoms with E-state index in [1.165, 1.54) is 7.05 Å². The van der Waals surface area contributed by atoms with Gasteiger partial charge in [0.1, 0.15) is 11.7 Å². The van der Waals surface area contributed by atoms with Crippen molar-refractivity contribution in [2.45, 2.75) is 6.18 Å². The third-order valence-corrected chi connectivity index (χ3v) is 1.91. The highest BCUT2D eigenvalue weighted by atomic mass is 19.4. The predicted molar refractivity (Wildman–Crippen MR) is 51.2 cm³/mol. The Morgan fingerprint density at radius 2 is 2.00 bits per heavy atom. The smallest absolute Gasteiger partial charge is 0.308 e. The molecule has 0 fully saturated rings. The molecule has 0 aliphatic rings. The number of amidine groups is 1. The van der Waals surface area contributed by atoms with Crippen molar-refractivity contribution in [2.24, 2.45) is 10.8 Å². The largest absolute Gasteiger partial charge is 0.416 e. The molecule has 0 amide bonds. The van der Waals surface area contributed by atoms with E-state index < -0.39 is 17.6 Å². The first-order valence-corrected chi connectivity index (χ1v) is 4.20. The second-order valence-corrected chi connectivity index (χ2v) is 2.91. The zero-order valence-corrected chi connectivity index (χ0v) is 8.27. The summed E-state index contributed by atoms with van der Waals surface area (Å²) in [5.74, 6) is 4.04. The summed E-state index contributed by atoms with van der Waals surface area (Å²) in [6.45, 7) is 0. The monoisotopic (exact) mass is 235 g/mol. The summed E-state index contributed by atoms with van der Waals surface area (Å²) in [5.41, 5.74) is 0.753. The van der Waals surface area contributed by atoms with Crippen molar-refractivity contribution < 1.29 is 17.6 Å². The van der Waals surface area contributed by atoms with Crippen LogP contribution in [0.1, 0.15) is 11.1 Å². The van der Waals surface area contributed by atoms with E-state index in [2.05, 4.69) is 4.99 Å². The van der Waals surface area contributed by atoms with Gasteiger partial charge < -0.3 is 5.43 Å². The lowest BCUT2D eigenvalue weighted by molar-refractivity contribution is -0.137. The second-order valence-electron chi connectivity index (χ2n) is 2.91. The molecule has 0 aliphatic heterocycles. The molecule has 3 nitrogen and oxygen atoms in total. The lowest BCUT2D eigenvalue weighted by Crippen LogP contribution is -2.32. The molecule has 0 unspecified atom stereocenters. The van der Waals surface area contributed by atoms with Gasteiger partial charge in [0.15, 0.2) is 0 Å². The second kappa shape index (κ2) is 4.48. The van der Waals surface area contributed by atoms with Gasteiger partial charge in [-0.2, -0.15) is 13.2 Å². The van der Waals surface area contributed by atoms with Crippen LogP contribution in [-0.4, -0.2) is 12.9 Å². The van der Waals surface area contributed by atoms with Crippen molar-refractivity contribution in [2.75, 3.05) is 7.05 Å². The number of benzene rings is 1. The SMILES string of the molecule is CN=C(NN)c1cc(C(F)(F)F)ccc1F. The maximum atomic E-state index is 13.2. The third kappa shape index (κ3) is 2.48. The first kappa shape index (κ1) is 12.4. The standard InChI is InChI=1S/C9H9F4N3/c1-15-8(16-14)6-4-5(9(11,12)13)2-3-7(6)10/h2-4H,14H2,1H3,(H,15,16). The van der Waals surface area contributed by atoms with Crippen molar-refractivity contribution >= 4 is 5.84 Å². The van der Waals surface area contributed by atoms with Crippen LogP contribution >= 0.6 is 0 Å². The Labute approximate surface area is 88.9 Å². The van der Waals surface area contributed by atoms with Gasteiger partial charge in [0.05, 0.1) is 11.1 Å². The number of rotatable bonds is 1. The molecule has 0 aliphatic carbocycles. The molecule has 7 heteroatoms. The molecular formula is C9H9F4N3. The van der Waals surface area contributed by atoms with E-state index in [1.807, 2.05) is 5.43 Å². The Balaban J connectivity index is 3.29. The van der Waals surface area contributed by atoms with Crippen molar-refractivity contribution in [3.63, 3.8) is 0 Å². The van der Waals surface area contributed by atoms with Crippen LogP contribution in [0.4, 0.5) is 17.6 Å². The highest BCUT2D eigenvalue weighted by Crippen LogP contribution is 2.30. The fraction of sp³-hybridized carbons (Fsp3) is 0.222. The molecule has 0 heterocycles. The van der Waals surface area contributed by atoms with Gasteiger partial charge in [0, 0.05) is 7.05 Å². The van der Waals surface area contributed by atoms with Crippen molar-refractivity contribution in [3.8, 4) is 0 Å². The van der Waals surface area contributed by atoms with Crippen molar-refractivity contribution in [1.29, 1.82) is 0 Å². The molecule has 0 saturated heterocycles. The summed E-state index contributed by atoms with van der Waals surface area (Å²) in [4.78, 5) is 3.53. The highest BCUT2D eigenvalue weighted by molar-refractivity contribution is 5.98. The lowest BCUT2D eigenvalue weighted by atomic mass is 10.1. The highest BCUT2D eigenvalue weighted by Gasteiger charge is 2.31. The van der Waals surface area contributed by atoms with Crippen LogP contribution in [0.2, 0.25) is 0 Å². The van der Waals surface area contributed by atoms with Gasteiger partial charge in [-0.25, -0.2) is 10.2 Å². The quantitative estimate of drug-likeness (QED) is 0.256. The molecule has 0 saturated carbocycles. The van der Waals surface area contributed by atoms with Gasteiger partial charge in [-0.05, 0) is 18.2 Å². The molecule has 0 atom stereocenters. The van der Waals surface area contributed by atoms with Gasteiger partial charge in [-0.15, -0.1) is 0 Å². The summed E-state index contributed by atoms with van der Waals surface area (Å²) in [5, 5.41) is 0. The average molecular weight is 235 g/mol. The molecular weight excluding hydrogens is 226 g/mol. The normalized spacial score (nSPS) is 12.8. The van der Waals surface area contributed by atoms with Crippen LogP contribution in [0.5, 0.6) is 0 Å². The molecule has 1 rings (SSSR count). The molecule has 1 aromatic rings. The van der Waals surface area contributed by atoms with Gasteiger partial charge in [0.2, 0.25) is 0 Å². The number of hydrazine groups is 1. The number of aliphatic imine (C=N–C) groups is 1. The van der Waals surface area contributed by atoms with E-state index in [1.54, 1.807) is 0 Å². The van der Waals surface area contributed by atoms with E-state index in [0.717, 1.165) is 6.07 Å². The van der Waals surface area contributed by atoms with E-state index in [0.29, 0.717) is 12.1 Å². The summed E-state index contributed by atoms with van der Waals surface area (Å²) >= 11 is 0. The Kier molecular flexibility index (Phi) is 3.48. The summed E-state index contributed by atoms with van der Waals surface area (Å²) < 4.78 is 50.3. The fourth-order valence-corrected chi connectivity index (χ4v) is 1.15. The zero-order valence-electron chi connectivity index (χ0n) is 8.27. The van der Waals surface area contributed by atoms with E-state index in [9.17, 15) is 17.6 Å². The summed E-state index contributed by atoms with van der Waals surface area (Å²) in [7, 11) is 1.29.